The average molecular weight is 354 g/mol. The molecule has 0 atom stereocenters. The number of nitrogens with zero attached hydrogens (tertiary/aromatic N) is 1. The van der Waals surface area contributed by atoms with Crippen LogP contribution in [-0.4, -0.2) is 36.3 Å². The van der Waals surface area contributed by atoms with E-state index in [-0.39, 0.29) is 18.4 Å². The molecular weight excluding hydrogens is 342 g/mol. The number of nitrogen functional groups attached to an aromatic ring is 1. The molecule has 0 spiro atoms. The molecule has 3 N–H and O–H groups in total. The Bertz CT molecular complexity index is 713. The number of hydrogen-bond acceptors (Lipinski definition) is 4. The second kappa shape index (κ2) is 5.06. The fourth-order valence-electron chi connectivity index (χ4n) is 2.20. The smallest absolute Gasteiger partial charge is 0.266 e. The molecule has 104 valence electrons. The van der Waals surface area contributed by atoms with E-state index in [1.165, 1.54) is 16.2 Å². The van der Waals surface area contributed by atoms with Crippen LogP contribution >= 0.6 is 27.3 Å². The molecule has 0 radical (unpaired) electrons. The largest absolute Gasteiger partial charge is 0.397 e. The molecule has 2 amide bonds. The summed E-state index contributed by atoms with van der Waals surface area (Å²) in [5.74, 6) is -0.304. The zero-order chi connectivity index (χ0) is 14.3. The molecule has 7 heteroatoms. The maximum atomic E-state index is 12.5. The summed E-state index contributed by atoms with van der Waals surface area (Å²) in [4.78, 5) is 25.9. The molecule has 2 aromatic rings. The van der Waals surface area contributed by atoms with E-state index in [4.69, 9.17) is 5.73 Å². The van der Waals surface area contributed by atoms with Gasteiger partial charge in [-0.05, 0) is 12.1 Å². The zero-order valence-corrected chi connectivity index (χ0v) is 12.9. The number of amides is 2. The van der Waals surface area contributed by atoms with Gasteiger partial charge in [-0.1, -0.05) is 22.0 Å². The first-order valence-corrected chi connectivity index (χ1v) is 7.70. The number of carbonyl (C=O) groups excluding carboxylic acids is 2. The molecule has 1 saturated heterocycles. The van der Waals surface area contributed by atoms with Crippen LogP contribution in [0.5, 0.6) is 0 Å². The van der Waals surface area contributed by atoms with Gasteiger partial charge < -0.3 is 16.0 Å². The molecule has 1 aliphatic rings. The van der Waals surface area contributed by atoms with Gasteiger partial charge in [0.05, 0.1) is 12.2 Å². The number of benzene rings is 1. The van der Waals surface area contributed by atoms with Crippen molar-refractivity contribution in [2.24, 2.45) is 0 Å². The number of anilines is 1. The summed E-state index contributed by atoms with van der Waals surface area (Å²) in [6.07, 6.45) is 0. The fraction of sp³-hybridized carbons (Fsp3) is 0.231. The number of thiophene rings is 1. The van der Waals surface area contributed by atoms with E-state index in [1.807, 2.05) is 18.2 Å². The summed E-state index contributed by atoms with van der Waals surface area (Å²) in [7, 11) is 0. The van der Waals surface area contributed by atoms with Gasteiger partial charge in [0, 0.05) is 27.6 Å². The quantitative estimate of drug-likeness (QED) is 0.820. The second-order valence-corrected chi connectivity index (χ2v) is 6.53. The van der Waals surface area contributed by atoms with Crippen LogP contribution in [0.4, 0.5) is 5.69 Å². The molecule has 0 saturated carbocycles. The van der Waals surface area contributed by atoms with Crippen molar-refractivity contribution >= 4 is 54.9 Å². The van der Waals surface area contributed by atoms with Crippen LogP contribution in [0.3, 0.4) is 0 Å². The average Bonchev–Trinajstić information content (AvgIpc) is 2.74. The summed E-state index contributed by atoms with van der Waals surface area (Å²) in [6.45, 7) is 1.10. The normalized spacial score (nSPS) is 15.4. The van der Waals surface area contributed by atoms with Crippen molar-refractivity contribution in [2.45, 2.75) is 0 Å². The standard InChI is InChI=1S/C13H12BrN3O2S/c14-7-1-2-8-9(5-7)20-12(11(8)15)13(19)17-4-3-16-10(18)6-17/h1-2,5H,3-4,6,15H2,(H,16,18). The first-order chi connectivity index (χ1) is 9.56. The van der Waals surface area contributed by atoms with E-state index in [0.29, 0.717) is 23.7 Å². The number of fused-ring (bicyclic) bond motifs is 1. The van der Waals surface area contributed by atoms with Crippen LogP contribution in [0, 0.1) is 0 Å². The van der Waals surface area contributed by atoms with Crippen molar-refractivity contribution in [3.63, 3.8) is 0 Å². The van der Waals surface area contributed by atoms with Crippen molar-refractivity contribution in [3.05, 3.63) is 27.5 Å². The Labute approximate surface area is 127 Å². The lowest BCUT2D eigenvalue weighted by Crippen LogP contribution is -2.49. The van der Waals surface area contributed by atoms with Crippen molar-refractivity contribution < 1.29 is 9.59 Å². The van der Waals surface area contributed by atoms with Gasteiger partial charge in [0.25, 0.3) is 5.91 Å². The maximum absolute atomic E-state index is 12.5. The van der Waals surface area contributed by atoms with E-state index in [2.05, 4.69) is 21.2 Å². The fourth-order valence-corrected chi connectivity index (χ4v) is 3.85. The van der Waals surface area contributed by atoms with Crippen molar-refractivity contribution in [1.82, 2.24) is 10.2 Å². The summed E-state index contributed by atoms with van der Waals surface area (Å²) in [6, 6.07) is 5.73. The maximum Gasteiger partial charge on any atom is 0.266 e. The first-order valence-electron chi connectivity index (χ1n) is 6.10. The zero-order valence-electron chi connectivity index (χ0n) is 10.5. The molecule has 1 aliphatic heterocycles. The van der Waals surface area contributed by atoms with Crippen LogP contribution < -0.4 is 11.1 Å². The number of halogens is 1. The van der Waals surface area contributed by atoms with Gasteiger partial charge in [-0.15, -0.1) is 11.3 Å². The number of rotatable bonds is 1. The monoisotopic (exact) mass is 353 g/mol. The van der Waals surface area contributed by atoms with Crippen LogP contribution in [0.1, 0.15) is 9.67 Å². The highest BCUT2D eigenvalue weighted by atomic mass is 79.9. The minimum Gasteiger partial charge on any atom is -0.397 e. The number of hydrogen-bond donors (Lipinski definition) is 2. The highest BCUT2D eigenvalue weighted by Crippen LogP contribution is 2.36. The number of carbonyl (C=O) groups is 2. The number of nitrogens with one attached hydrogen (secondary N) is 1. The molecule has 1 fully saturated rings. The Balaban J connectivity index is 1.99. The molecule has 0 bridgehead atoms. The highest BCUT2D eigenvalue weighted by Gasteiger charge is 2.26. The summed E-state index contributed by atoms with van der Waals surface area (Å²) in [5.41, 5.74) is 6.57. The van der Waals surface area contributed by atoms with Crippen molar-refractivity contribution in [2.75, 3.05) is 25.4 Å². The summed E-state index contributed by atoms with van der Waals surface area (Å²) >= 11 is 4.77. The Morgan fingerprint density at radius 2 is 2.25 bits per heavy atom. The van der Waals surface area contributed by atoms with Gasteiger partial charge in [0.2, 0.25) is 5.91 Å². The third-order valence-corrected chi connectivity index (χ3v) is 4.86. The predicted octanol–water partition coefficient (Wildman–Crippen LogP) is 1.82. The Morgan fingerprint density at radius 3 is 3.00 bits per heavy atom. The predicted molar refractivity (Wildman–Crippen MR) is 82.9 cm³/mol. The van der Waals surface area contributed by atoms with E-state index < -0.39 is 0 Å². The van der Waals surface area contributed by atoms with Crippen LogP contribution in [-0.2, 0) is 4.79 Å². The van der Waals surface area contributed by atoms with Gasteiger partial charge in [-0.25, -0.2) is 0 Å². The molecule has 5 nitrogen and oxygen atoms in total. The number of nitrogens with two attached hydrogens (primary N) is 1. The molecule has 0 unspecified atom stereocenters. The third-order valence-electron chi connectivity index (χ3n) is 3.21. The summed E-state index contributed by atoms with van der Waals surface area (Å²) < 4.78 is 1.91. The van der Waals surface area contributed by atoms with Crippen molar-refractivity contribution in [1.29, 1.82) is 0 Å². The molecule has 1 aromatic heterocycles. The molecule has 2 heterocycles. The van der Waals surface area contributed by atoms with Crippen molar-refractivity contribution in [3.8, 4) is 0 Å². The van der Waals surface area contributed by atoms with E-state index >= 15 is 0 Å². The SMILES string of the molecule is Nc1c(C(=O)N2CCNC(=O)C2)sc2cc(Br)ccc12. The molecule has 20 heavy (non-hydrogen) atoms. The van der Waals surface area contributed by atoms with Gasteiger partial charge in [0.1, 0.15) is 4.88 Å². The van der Waals surface area contributed by atoms with Gasteiger partial charge in [0.15, 0.2) is 0 Å². The van der Waals surface area contributed by atoms with E-state index in [0.717, 1.165) is 14.6 Å². The van der Waals surface area contributed by atoms with Crippen LogP contribution in [0.2, 0.25) is 0 Å². The van der Waals surface area contributed by atoms with Gasteiger partial charge >= 0.3 is 0 Å². The van der Waals surface area contributed by atoms with Gasteiger partial charge in [-0.2, -0.15) is 0 Å². The minimum atomic E-state index is -0.172. The van der Waals surface area contributed by atoms with Gasteiger partial charge in [-0.3, -0.25) is 9.59 Å². The lowest BCUT2D eigenvalue weighted by molar-refractivity contribution is -0.123. The second-order valence-electron chi connectivity index (χ2n) is 4.56. The molecule has 3 rings (SSSR count). The topological polar surface area (TPSA) is 75.4 Å². The lowest BCUT2D eigenvalue weighted by atomic mass is 10.2. The van der Waals surface area contributed by atoms with Crippen LogP contribution in [0.15, 0.2) is 22.7 Å². The summed E-state index contributed by atoms with van der Waals surface area (Å²) in [5, 5.41) is 3.58. The Hall–Kier alpha value is -1.60. The first kappa shape index (κ1) is 13.4. The lowest BCUT2D eigenvalue weighted by Gasteiger charge is -2.26. The Kier molecular flexibility index (Phi) is 3.39. The third kappa shape index (κ3) is 2.27. The Morgan fingerprint density at radius 1 is 1.45 bits per heavy atom. The molecule has 0 aliphatic carbocycles. The number of piperazine rings is 1. The van der Waals surface area contributed by atoms with E-state index in [1.54, 1.807) is 0 Å². The van der Waals surface area contributed by atoms with E-state index in [9.17, 15) is 9.59 Å². The molecule has 1 aromatic carbocycles. The molecular formula is C13H12BrN3O2S. The highest BCUT2D eigenvalue weighted by molar-refractivity contribution is 9.10. The van der Waals surface area contributed by atoms with Crippen LogP contribution in [0.25, 0.3) is 10.1 Å². The minimum absolute atomic E-state index is 0.0935.